The molecule has 26 heavy (non-hydrogen) atoms. The fraction of sp³-hybridized carbons (Fsp3) is 0.409. The monoisotopic (exact) mass is 352 g/mol. The van der Waals surface area contributed by atoms with Crippen LogP contribution in [-0.2, 0) is 4.79 Å². The van der Waals surface area contributed by atoms with Crippen LogP contribution in [0.3, 0.4) is 0 Å². The summed E-state index contributed by atoms with van der Waals surface area (Å²) in [6, 6.07) is 16.0. The van der Waals surface area contributed by atoms with Crippen LogP contribution in [0.5, 0.6) is 5.75 Å². The van der Waals surface area contributed by atoms with Gasteiger partial charge in [-0.2, -0.15) is 0 Å². The SMILES string of the molecule is CC(C)c1ccccc1OCC(=O)Nc1ccc(N2CCCCC2)cc1. The molecule has 0 bridgehead atoms. The van der Waals surface area contributed by atoms with Gasteiger partial charge >= 0.3 is 0 Å². The predicted octanol–water partition coefficient (Wildman–Crippen LogP) is 4.82. The highest BCUT2D eigenvalue weighted by molar-refractivity contribution is 5.92. The number of hydrogen-bond donors (Lipinski definition) is 1. The Bertz CT molecular complexity index is 719. The van der Waals surface area contributed by atoms with Crippen molar-refractivity contribution in [1.29, 1.82) is 0 Å². The number of hydrogen-bond acceptors (Lipinski definition) is 3. The van der Waals surface area contributed by atoms with Crippen LogP contribution in [0.1, 0.15) is 44.6 Å². The molecule has 1 saturated heterocycles. The van der Waals surface area contributed by atoms with E-state index in [9.17, 15) is 4.79 Å². The van der Waals surface area contributed by atoms with Crippen LogP contribution in [0.4, 0.5) is 11.4 Å². The summed E-state index contributed by atoms with van der Waals surface area (Å²) >= 11 is 0. The van der Waals surface area contributed by atoms with E-state index >= 15 is 0 Å². The lowest BCUT2D eigenvalue weighted by Crippen LogP contribution is -2.29. The molecule has 1 aliphatic rings. The molecule has 0 aromatic heterocycles. The highest BCUT2D eigenvalue weighted by atomic mass is 16.5. The molecule has 1 heterocycles. The lowest BCUT2D eigenvalue weighted by Gasteiger charge is -2.28. The minimum absolute atomic E-state index is 0.0115. The van der Waals surface area contributed by atoms with Crippen LogP contribution in [0.25, 0.3) is 0 Å². The zero-order chi connectivity index (χ0) is 18.4. The smallest absolute Gasteiger partial charge is 0.262 e. The standard InChI is InChI=1S/C22H28N2O2/c1-17(2)20-8-4-5-9-21(20)26-16-22(25)23-18-10-12-19(13-11-18)24-14-6-3-7-15-24/h4-5,8-13,17H,3,6-7,14-16H2,1-2H3,(H,23,25). The third kappa shape index (κ3) is 4.78. The van der Waals surface area contributed by atoms with E-state index in [-0.39, 0.29) is 12.5 Å². The van der Waals surface area contributed by atoms with Crippen LogP contribution < -0.4 is 15.0 Å². The molecule has 1 aliphatic heterocycles. The van der Waals surface area contributed by atoms with Crippen molar-refractivity contribution in [2.75, 3.05) is 29.9 Å². The van der Waals surface area contributed by atoms with E-state index in [1.165, 1.54) is 24.9 Å². The number of rotatable bonds is 6. The molecule has 1 fully saturated rings. The summed E-state index contributed by atoms with van der Waals surface area (Å²) in [5.41, 5.74) is 3.15. The Balaban J connectivity index is 1.53. The van der Waals surface area contributed by atoms with Gasteiger partial charge in [-0.3, -0.25) is 4.79 Å². The Morgan fingerprint density at radius 3 is 2.42 bits per heavy atom. The van der Waals surface area contributed by atoms with E-state index in [1.807, 2.05) is 36.4 Å². The van der Waals surface area contributed by atoms with Crippen molar-refractivity contribution in [3.8, 4) is 5.75 Å². The van der Waals surface area contributed by atoms with Gasteiger partial charge in [0, 0.05) is 24.5 Å². The van der Waals surface area contributed by atoms with E-state index in [0.29, 0.717) is 5.92 Å². The number of carbonyl (C=O) groups is 1. The van der Waals surface area contributed by atoms with Crippen LogP contribution in [0.2, 0.25) is 0 Å². The fourth-order valence-corrected chi connectivity index (χ4v) is 3.34. The van der Waals surface area contributed by atoms with E-state index < -0.39 is 0 Å². The van der Waals surface area contributed by atoms with Gasteiger partial charge in [0.15, 0.2) is 6.61 Å². The van der Waals surface area contributed by atoms with E-state index in [4.69, 9.17) is 4.74 Å². The Morgan fingerprint density at radius 2 is 1.73 bits per heavy atom. The fourth-order valence-electron chi connectivity index (χ4n) is 3.34. The lowest BCUT2D eigenvalue weighted by molar-refractivity contribution is -0.118. The summed E-state index contributed by atoms with van der Waals surface area (Å²) < 4.78 is 5.73. The molecule has 4 nitrogen and oxygen atoms in total. The summed E-state index contributed by atoms with van der Waals surface area (Å²) in [5.74, 6) is 0.990. The number of carbonyl (C=O) groups excluding carboxylic acids is 1. The van der Waals surface area contributed by atoms with Crippen LogP contribution in [-0.4, -0.2) is 25.6 Å². The van der Waals surface area contributed by atoms with Crippen molar-refractivity contribution >= 4 is 17.3 Å². The van der Waals surface area contributed by atoms with Crippen molar-refractivity contribution in [3.63, 3.8) is 0 Å². The first-order valence-electron chi connectivity index (χ1n) is 9.50. The van der Waals surface area contributed by atoms with Crippen molar-refractivity contribution in [2.24, 2.45) is 0 Å². The molecule has 0 unspecified atom stereocenters. The predicted molar refractivity (Wildman–Crippen MR) is 107 cm³/mol. The Kier molecular flexibility index (Phi) is 6.16. The minimum Gasteiger partial charge on any atom is -0.483 e. The van der Waals surface area contributed by atoms with E-state index in [1.54, 1.807) is 0 Å². The maximum Gasteiger partial charge on any atom is 0.262 e. The van der Waals surface area contributed by atoms with Gasteiger partial charge in [-0.25, -0.2) is 0 Å². The summed E-state index contributed by atoms with van der Waals surface area (Å²) in [5, 5.41) is 2.91. The molecule has 2 aromatic rings. The van der Waals surface area contributed by atoms with Crippen LogP contribution in [0, 0.1) is 0 Å². The second-order valence-corrected chi connectivity index (χ2v) is 7.12. The molecule has 4 heteroatoms. The highest BCUT2D eigenvalue weighted by Gasteiger charge is 2.12. The molecule has 2 aromatic carbocycles. The van der Waals surface area contributed by atoms with Gasteiger partial charge < -0.3 is 15.0 Å². The molecule has 1 N–H and O–H groups in total. The Hall–Kier alpha value is -2.49. The number of ether oxygens (including phenoxy) is 1. The van der Waals surface area contributed by atoms with Gasteiger partial charge in [0.05, 0.1) is 0 Å². The van der Waals surface area contributed by atoms with Crippen molar-refractivity contribution in [2.45, 2.75) is 39.0 Å². The quantitative estimate of drug-likeness (QED) is 0.810. The number of nitrogens with one attached hydrogen (secondary N) is 1. The normalized spacial score (nSPS) is 14.3. The summed E-state index contributed by atoms with van der Waals surface area (Å²) in [6.45, 7) is 6.49. The van der Waals surface area contributed by atoms with Gasteiger partial charge in [0.2, 0.25) is 0 Å². The Morgan fingerprint density at radius 1 is 1.04 bits per heavy atom. The summed E-state index contributed by atoms with van der Waals surface area (Å²) in [4.78, 5) is 14.6. The van der Waals surface area contributed by atoms with Crippen molar-refractivity contribution < 1.29 is 9.53 Å². The molecule has 0 radical (unpaired) electrons. The van der Waals surface area contributed by atoms with Crippen molar-refractivity contribution in [3.05, 3.63) is 54.1 Å². The molecule has 0 spiro atoms. The molecular formula is C22H28N2O2. The van der Waals surface area contributed by atoms with Crippen LogP contribution in [0.15, 0.2) is 48.5 Å². The first kappa shape index (κ1) is 18.3. The largest absolute Gasteiger partial charge is 0.483 e. The second-order valence-electron chi connectivity index (χ2n) is 7.12. The molecular weight excluding hydrogens is 324 g/mol. The maximum absolute atomic E-state index is 12.2. The average molecular weight is 352 g/mol. The van der Waals surface area contributed by atoms with Gasteiger partial charge in [-0.15, -0.1) is 0 Å². The molecule has 138 valence electrons. The third-order valence-electron chi connectivity index (χ3n) is 4.77. The van der Waals surface area contributed by atoms with Crippen LogP contribution >= 0.6 is 0 Å². The summed E-state index contributed by atoms with van der Waals surface area (Å²) in [6.07, 6.45) is 3.84. The minimum atomic E-state index is -0.144. The van der Waals surface area contributed by atoms with Gasteiger partial charge in [0.25, 0.3) is 5.91 Å². The molecule has 0 atom stereocenters. The van der Waals surface area contributed by atoms with Gasteiger partial charge in [0.1, 0.15) is 5.75 Å². The third-order valence-corrected chi connectivity index (χ3v) is 4.77. The second kappa shape index (κ2) is 8.75. The topological polar surface area (TPSA) is 41.6 Å². The van der Waals surface area contributed by atoms with E-state index in [0.717, 1.165) is 30.1 Å². The number of benzene rings is 2. The zero-order valence-electron chi connectivity index (χ0n) is 15.7. The van der Waals surface area contributed by atoms with Crippen molar-refractivity contribution in [1.82, 2.24) is 0 Å². The number of nitrogens with zero attached hydrogens (tertiary/aromatic N) is 1. The molecule has 1 amide bonds. The van der Waals surface area contributed by atoms with E-state index in [2.05, 4.69) is 36.2 Å². The molecule has 0 saturated carbocycles. The molecule has 3 rings (SSSR count). The number of amides is 1. The summed E-state index contributed by atoms with van der Waals surface area (Å²) in [7, 11) is 0. The van der Waals surface area contributed by atoms with Gasteiger partial charge in [-0.05, 0) is 61.1 Å². The first-order valence-corrected chi connectivity index (χ1v) is 9.50. The first-order chi connectivity index (χ1) is 12.6. The zero-order valence-corrected chi connectivity index (χ0v) is 15.7. The lowest BCUT2D eigenvalue weighted by atomic mass is 10.0. The van der Waals surface area contributed by atoms with Gasteiger partial charge in [-0.1, -0.05) is 32.0 Å². The maximum atomic E-state index is 12.2. The Labute approximate surface area is 156 Å². The number of para-hydroxylation sites is 1. The number of piperidine rings is 1. The number of anilines is 2. The molecule has 0 aliphatic carbocycles. The average Bonchev–Trinajstić information content (AvgIpc) is 2.68. The highest BCUT2D eigenvalue weighted by Crippen LogP contribution is 2.26.